The van der Waals surface area contributed by atoms with Crippen LogP contribution < -0.4 is 5.56 Å². The molecule has 0 aliphatic heterocycles. The van der Waals surface area contributed by atoms with E-state index < -0.39 is 0 Å². The van der Waals surface area contributed by atoms with Crippen molar-refractivity contribution < 1.29 is 0 Å². The maximum Gasteiger partial charge on any atom is 0.255 e. The zero-order valence-electron chi connectivity index (χ0n) is 17.5. The largest absolute Gasteiger partial charge is 0.305 e. The highest BCUT2D eigenvalue weighted by molar-refractivity contribution is 5.81. The van der Waals surface area contributed by atoms with Crippen LogP contribution in [0.5, 0.6) is 0 Å². The lowest BCUT2D eigenvalue weighted by atomic mass is 9.88. The van der Waals surface area contributed by atoms with Crippen molar-refractivity contribution in [3.05, 3.63) is 63.1 Å². The van der Waals surface area contributed by atoms with Gasteiger partial charge in [-0.25, -0.2) is 4.68 Å². The van der Waals surface area contributed by atoms with E-state index in [1.165, 1.54) is 34.9 Å². The Hall–Kier alpha value is -2.40. The smallest absolute Gasteiger partial charge is 0.255 e. The van der Waals surface area contributed by atoms with E-state index in [0.29, 0.717) is 12.6 Å². The van der Waals surface area contributed by atoms with E-state index in [-0.39, 0.29) is 5.56 Å². The van der Waals surface area contributed by atoms with Crippen molar-refractivity contribution >= 4 is 11.0 Å². The van der Waals surface area contributed by atoms with Crippen molar-refractivity contribution in [3.8, 4) is 0 Å². The number of benzene rings is 1. The molecule has 1 aromatic carbocycles. The summed E-state index contributed by atoms with van der Waals surface area (Å²) >= 11 is 0. The van der Waals surface area contributed by atoms with Gasteiger partial charge in [0.05, 0.1) is 12.7 Å². The molecule has 0 spiro atoms. The molecular formula is C24H30N4O. The molecular weight excluding hydrogens is 360 g/mol. The van der Waals surface area contributed by atoms with Gasteiger partial charge in [-0.1, -0.05) is 24.3 Å². The molecule has 0 radical (unpaired) electrons. The minimum absolute atomic E-state index is 0.250. The van der Waals surface area contributed by atoms with Gasteiger partial charge in [-0.2, -0.15) is 5.10 Å². The standard InChI is InChI=1S/C24H30N4O/c1-26(2)15-17-7-5-8-18(13-17)16-27-23-22(14-25-27)20-11-3-4-12-21(20)24(29)28(23)19-9-6-10-19/h5,7-8,13-14,19H,3-4,6,9-12,15-16H2,1-2H3. The van der Waals surface area contributed by atoms with Gasteiger partial charge in [0, 0.05) is 23.5 Å². The van der Waals surface area contributed by atoms with Crippen molar-refractivity contribution in [2.75, 3.05) is 14.1 Å². The second-order valence-electron chi connectivity index (χ2n) is 9.02. The molecule has 152 valence electrons. The van der Waals surface area contributed by atoms with Crippen LogP contribution in [0.25, 0.3) is 11.0 Å². The first-order chi connectivity index (χ1) is 14.1. The Labute approximate surface area is 171 Å². The monoisotopic (exact) mass is 390 g/mol. The number of aromatic nitrogens is 3. The van der Waals surface area contributed by atoms with Crippen LogP contribution in [-0.4, -0.2) is 33.3 Å². The number of hydrogen-bond acceptors (Lipinski definition) is 3. The van der Waals surface area contributed by atoms with E-state index in [1.807, 2.05) is 6.20 Å². The quantitative estimate of drug-likeness (QED) is 0.663. The summed E-state index contributed by atoms with van der Waals surface area (Å²) in [6.07, 6.45) is 9.69. The third-order valence-electron chi connectivity index (χ3n) is 6.57. The van der Waals surface area contributed by atoms with Crippen molar-refractivity contribution in [2.24, 2.45) is 0 Å². The first kappa shape index (κ1) is 18.6. The Bertz CT molecular complexity index is 1100. The topological polar surface area (TPSA) is 43.1 Å². The molecule has 29 heavy (non-hydrogen) atoms. The lowest BCUT2D eigenvalue weighted by Gasteiger charge is -2.30. The van der Waals surface area contributed by atoms with E-state index in [9.17, 15) is 4.79 Å². The molecule has 2 aliphatic rings. The van der Waals surface area contributed by atoms with Crippen molar-refractivity contribution in [3.63, 3.8) is 0 Å². The van der Waals surface area contributed by atoms with Crippen LogP contribution in [0.3, 0.4) is 0 Å². The molecule has 3 aromatic rings. The van der Waals surface area contributed by atoms with Gasteiger partial charge < -0.3 is 4.90 Å². The maximum absolute atomic E-state index is 13.5. The van der Waals surface area contributed by atoms with E-state index in [0.717, 1.165) is 49.9 Å². The fourth-order valence-electron chi connectivity index (χ4n) is 4.99. The number of hydrogen-bond donors (Lipinski definition) is 0. The summed E-state index contributed by atoms with van der Waals surface area (Å²) in [6.45, 7) is 1.63. The van der Waals surface area contributed by atoms with E-state index >= 15 is 0 Å². The molecule has 2 aliphatic carbocycles. The molecule has 0 saturated heterocycles. The summed E-state index contributed by atoms with van der Waals surface area (Å²) in [4.78, 5) is 15.6. The maximum atomic E-state index is 13.5. The number of pyridine rings is 1. The van der Waals surface area contributed by atoms with Crippen LogP contribution >= 0.6 is 0 Å². The average Bonchev–Trinajstić information content (AvgIpc) is 3.07. The van der Waals surface area contributed by atoms with Crippen molar-refractivity contribution in [2.45, 2.75) is 64.1 Å². The molecule has 0 atom stereocenters. The molecule has 5 nitrogen and oxygen atoms in total. The first-order valence-electron chi connectivity index (χ1n) is 11.0. The Morgan fingerprint density at radius 2 is 1.83 bits per heavy atom. The van der Waals surface area contributed by atoms with Gasteiger partial charge in [-0.05, 0) is 75.7 Å². The second kappa shape index (κ2) is 7.45. The summed E-state index contributed by atoms with van der Waals surface area (Å²) in [7, 11) is 4.18. The molecule has 1 fully saturated rings. The molecule has 2 aromatic heterocycles. The minimum Gasteiger partial charge on any atom is -0.305 e. The van der Waals surface area contributed by atoms with Gasteiger partial charge in [0.15, 0.2) is 0 Å². The zero-order valence-corrected chi connectivity index (χ0v) is 17.5. The zero-order chi connectivity index (χ0) is 20.0. The SMILES string of the molecule is CN(C)Cc1cccc(Cn2ncc3c4c(c(=O)n(C5CCC5)c32)CCCC4)c1. The van der Waals surface area contributed by atoms with Crippen molar-refractivity contribution in [1.82, 2.24) is 19.2 Å². The van der Waals surface area contributed by atoms with Crippen molar-refractivity contribution in [1.29, 1.82) is 0 Å². The van der Waals surface area contributed by atoms with Crippen LogP contribution in [0, 0.1) is 0 Å². The Kier molecular flexibility index (Phi) is 4.78. The lowest BCUT2D eigenvalue weighted by molar-refractivity contribution is 0.309. The van der Waals surface area contributed by atoms with Crippen LogP contribution in [0.15, 0.2) is 35.3 Å². The number of nitrogens with zero attached hydrogens (tertiary/aromatic N) is 4. The van der Waals surface area contributed by atoms with Crippen LogP contribution in [0.2, 0.25) is 0 Å². The highest BCUT2D eigenvalue weighted by Gasteiger charge is 2.28. The Morgan fingerprint density at radius 1 is 1.07 bits per heavy atom. The minimum atomic E-state index is 0.250. The van der Waals surface area contributed by atoms with E-state index in [2.05, 4.69) is 52.5 Å². The summed E-state index contributed by atoms with van der Waals surface area (Å²) in [5.74, 6) is 0. The normalized spacial score (nSPS) is 16.9. The molecule has 0 amide bonds. The number of fused-ring (bicyclic) bond motifs is 3. The highest BCUT2D eigenvalue weighted by atomic mass is 16.1. The molecule has 2 heterocycles. The van der Waals surface area contributed by atoms with Gasteiger partial charge in [0.1, 0.15) is 5.65 Å². The van der Waals surface area contributed by atoms with Gasteiger partial charge >= 0.3 is 0 Å². The van der Waals surface area contributed by atoms with Crippen LogP contribution in [0.1, 0.15) is 60.4 Å². The lowest BCUT2D eigenvalue weighted by Crippen LogP contribution is -2.34. The fraction of sp³-hybridized carbons (Fsp3) is 0.500. The summed E-state index contributed by atoms with van der Waals surface area (Å²) in [5.41, 5.74) is 6.15. The molecule has 5 heteroatoms. The van der Waals surface area contributed by atoms with E-state index in [1.54, 1.807) is 0 Å². The number of aryl methyl sites for hydroxylation is 1. The summed E-state index contributed by atoms with van der Waals surface area (Å²) in [5, 5.41) is 5.98. The molecule has 1 saturated carbocycles. The Morgan fingerprint density at radius 3 is 2.55 bits per heavy atom. The fourth-order valence-corrected chi connectivity index (χ4v) is 4.99. The molecule has 0 bridgehead atoms. The molecule has 0 unspecified atom stereocenters. The van der Waals surface area contributed by atoms with Gasteiger partial charge in [-0.15, -0.1) is 0 Å². The highest BCUT2D eigenvalue weighted by Crippen LogP contribution is 2.35. The predicted molar refractivity (Wildman–Crippen MR) is 116 cm³/mol. The Balaban J connectivity index is 1.62. The first-order valence-corrected chi connectivity index (χ1v) is 11.0. The summed E-state index contributed by atoms with van der Waals surface area (Å²) in [6, 6.07) is 9.06. The predicted octanol–water partition coefficient (Wildman–Crippen LogP) is 3.91. The second-order valence-corrected chi connectivity index (χ2v) is 9.02. The summed E-state index contributed by atoms with van der Waals surface area (Å²) < 4.78 is 4.17. The number of rotatable bonds is 5. The molecule has 0 N–H and O–H groups in total. The van der Waals surface area contributed by atoms with E-state index in [4.69, 9.17) is 5.10 Å². The third kappa shape index (κ3) is 3.31. The van der Waals surface area contributed by atoms with Gasteiger partial charge in [0.2, 0.25) is 0 Å². The molecule has 5 rings (SSSR count). The van der Waals surface area contributed by atoms with Crippen LogP contribution in [-0.2, 0) is 25.9 Å². The third-order valence-corrected chi connectivity index (χ3v) is 6.57. The van der Waals surface area contributed by atoms with Crippen LogP contribution in [0.4, 0.5) is 0 Å². The van der Waals surface area contributed by atoms with Gasteiger partial charge in [0.25, 0.3) is 5.56 Å². The average molecular weight is 391 g/mol. The van der Waals surface area contributed by atoms with Gasteiger partial charge in [-0.3, -0.25) is 9.36 Å².